The molecule has 0 heterocycles. The van der Waals surface area contributed by atoms with E-state index in [0.717, 1.165) is 5.56 Å². The van der Waals surface area contributed by atoms with Crippen molar-refractivity contribution in [1.82, 2.24) is 0 Å². The molecule has 5 heteroatoms. The third kappa shape index (κ3) is 3.89. The van der Waals surface area contributed by atoms with Crippen molar-refractivity contribution in [3.63, 3.8) is 0 Å². The number of carbonyl (C=O) groups excluding carboxylic acids is 2. The van der Waals surface area contributed by atoms with Gasteiger partial charge in [0.2, 0.25) is 0 Å². The van der Waals surface area contributed by atoms with Gasteiger partial charge in [-0.2, -0.15) is 0 Å². The Hall–Kier alpha value is -3.86. The van der Waals surface area contributed by atoms with E-state index in [1.54, 1.807) is 60.7 Å². The van der Waals surface area contributed by atoms with Crippen LogP contribution in [0.15, 0.2) is 103 Å². The van der Waals surface area contributed by atoms with Crippen LogP contribution in [0.25, 0.3) is 0 Å². The van der Waals surface area contributed by atoms with Crippen molar-refractivity contribution in [1.29, 1.82) is 0 Å². The lowest BCUT2D eigenvalue weighted by atomic mass is 9.59. The van der Waals surface area contributed by atoms with Crippen LogP contribution >= 0.6 is 0 Å². The molecule has 1 aliphatic carbocycles. The van der Waals surface area contributed by atoms with Crippen LogP contribution in [0.5, 0.6) is 0 Å². The van der Waals surface area contributed by atoms with E-state index in [1.165, 1.54) is 6.08 Å². The van der Waals surface area contributed by atoms with Gasteiger partial charge < -0.3 is 24.5 Å². The topological polar surface area (TPSA) is 89.5 Å². The zero-order chi connectivity index (χ0) is 22.6. The molecular weight excluding hydrogens is 404 g/mol. The molecule has 5 nitrogen and oxygen atoms in total. The summed E-state index contributed by atoms with van der Waals surface area (Å²) in [6.45, 7) is 0.183. The van der Waals surface area contributed by atoms with E-state index in [0.29, 0.717) is 11.1 Å². The first-order chi connectivity index (χ1) is 15.5. The van der Waals surface area contributed by atoms with E-state index in [1.807, 2.05) is 30.3 Å². The van der Waals surface area contributed by atoms with Crippen molar-refractivity contribution in [3.8, 4) is 0 Å². The number of hydrogen-bond donors (Lipinski definition) is 0. The van der Waals surface area contributed by atoms with Crippen molar-refractivity contribution in [2.24, 2.45) is 0 Å². The quantitative estimate of drug-likeness (QED) is 0.578. The van der Waals surface area contributed by atoms with Gasteiger partial charge in [-0.1, -0.05) is 91.0 Å². The van der Waals surface area contributed by atoms with E-state index in [9.17, 15) is 19.8 Å². The number of allylic oxidation sites excluding steroid dienone is 1. The lowest BCUT2D eigenvalue weighted by molar-refractivity contribution is -0.319. The zero-order valence-electron chi connectivity index (χ0n) is 17.4. The summed E-state index contributed by atoms with van der Waals surface area (Å²) in [5.74, 6) is -2.45. The summed E-state index contributed by atoms with van der Waals surface area (Å²) in [4.78, 5) is 25.2. The molecule has 3 aromatic carbocycles. The van der Waals surface area contributed by atoms with Crippen LogP contribution in [-0.4, -0.2) is 11.9 Å². The fourth-order valence-electron chi connectivity index (χ4n) is 4.45. The maximum Gasteiger partial charge on any atom is 0.113 e. The smallest absolute Gasteiger partial charge is 0.113 e. The van der Waals surface area contributed by atoms with Gasteiger partial charge in [0.25, 0.3) is 0 Å². The van der Waals surface area contributed by atoms with Crippen LogP contribution in [-0.2, 0) is 31.8 Å². The number of carboxylic acid groups (broad SMARTS) is 2. The van der Waals surface area contributed by atoms with Gasteiger partial charge >= 0.3 is 0 Å². The average Bonchev–Trinajstić information content (AvgIpc) is 2.84. The number of ether oxygens (including phenoxy) is 1. The monoisotopic (exact) mass is 426 g/mol. The Kier molecular flexibility index (Phi) is 5.82. The molecule has 3 aromatic rings. The van der Waals surface area contributed by atoms with Gasteiger partial charge in [-0.05, 0) is 29.2 Å². The lowest BCUT2D eigenvalue weighted by Crippen LogP contribution is -2.57. The molecule has 2 unspecified atom stereocenters. The highest BCUT2D eigenvalue weighted by molar-refractivity contribution is 5.88. The second kappa shape index (κ2) is 8.71. The summed E-state index contributed by atoms with van der Waals surface area (Å²) in [7, 11) is 0. The van der Waals surface area contributed by atoms with Crippen LogP contribution in [0.1, 0.15) is 29.5 Å². The van der Waals surface area contributed by atoms with Crippen molar-refractivity contribution < 1.29 is 24.5 Å². The van der Waals surface area contributed by atoms with Gasteiger partial charge in [-0.25, -0.2) is 0 Å². The minimum atomic E-state index is -1.69. The molecule has 0 spiro atoms. The summed E-state index contributed by atoms with van der Waals surface area (Å²) in [5.41, 5.74) is -1.51. The Balaban J connectivity index is 1.85. The number of hydrogen-bond acceptors (Lipinski definition) is 5. The summed E-state index contributed by atoms with van der Waals surface area (Å²) in [6, 6.07) is 26.5. The Labute approximate surface area is 186 Å². The van der Waals surface area contributed by atoms with E-state index in [2.05, 4.69) is 0 Å². The van der Waals surface area contributed by atoms with Gasteiger partial charge in [0.15, 0.2) is 0 Å². The van der Waals surface area contributed by atoms with Gasteiger partial charge in [0, 0.05) is 11.8 Å². The van der Waals surface area contributed by atoms with E-state index in [4.69, 9.17) is 4.74 Å². The van der Waals surface area contributed by atoms with Gasteiger partial charge in [0.1, 0.15) is 6.61 Å². The fourth-order valence-corrected chi connectivity index (χ4v) is 4.45. The van der Waals surface area contributed by atoms with Crippen molar-refractivity contribution >= 4 is 11.9 Å². The number of benzene rings is 3. The Morgan fingerprint density at radius 1 is 0.750 bits per heavy atom. The standard InChI is InChI=1S/C27H24O5/c28-24(29)26(21-12-6-2-7-13-21)16-23(32-18-20-10-4-1-5-11-20)17-27(19-26,25(30)31)22-14-8-3-9-15-22/h1-16H,17-19H2,(H,28,29)(H,30,31)/p-2. The van der Waals surface area contributed by atoms with Crippen LogP contribution in [0.3, 0.4) is 0 Å². The fraction of sp³-hybridized carbons (Fsp3) is 0.185. The predicted molar refractivity (Wildman–Crippen MR) is 115 cm³/mol. The highest BCUT2D eigenvalue weighted by atomic mass is 16.5. The molecule has 162 valence electrons. The van der Waals surface area contributed by atoms with E-state index >= 15 is 0 Å². The van der Waals surface area contributed by atoms with Gasteiger partial charge in [0.05, 0.1) is 23.1 Å². The van der Waals surface area contributed by atoms with Crippen LogP contribution < -0.4 is 10.2 Å². The molecule has 32 heavy (non-hydrogen) atoms. The van der Waals surface area contributed by atoms with Crippen molar-refractivity contribution in [2.45, 2.75) is 30.3 Å². The minimum absolute atomic E-state index is 0.0198. The Bertz CT molecular complexity index is 1120. The normalized spacial score (nSPS) is 22.6. The first-order valence-corrected chi connectivity index (χ1v) is 10.4. The first kappa shape index (κ1) is 21.4. The summed E-state index contributed by atoms with van der Waals surface area (Å²) in [5, 5.41) is 25.2. The number of rotatable bonds is 7. The van der Waals surface area contributed by atoms with Crippen molar-refractivity contribution in [2.75, 3.05) is 0 Å². The molecule has 0 amide bonds. The lowest BCUT2D eigenvalue weighted by Gasteiger charge is -2.48. The van der Waals surface area contributed by atoms with Gasteiger partial charge in [-0.15, -0.1) is 0 Å². The Morgan fingerprint density at radius 3 is 1.81 bits per heavy atom. The number of aliphatic carboxylic acids is 2. The highest BCUT2D eigenvalue weighted by Gasteiger charge is 2.49. The molecule has 0 bridgehead atoms. The molecule has 1 aliphatic rings. The second-order valence-corrected chi connectivity index (χ2v) is 8.10. The number of carbonyl (C=O) groups is 2. The maximum absolute atomic E-state index is 12.6. The highest BCUT2D eigenvalue weighted by Crippen LogP contribution is 2.48. The summed E-state index contributed by atoms with van der Waals surface area (Å²) in [6.07, 6.45) is 1.25. The minimum Gasteiger partial charge on any atom is -0.549 e. The Morgan fingerprint density at radius 2 is 1.28 bits per heavy atom. The molecule has 0 saturated carbocycles. The molecule has 4 rings (SSSR count). The second-order valence-electron chi connectivity index (χ2n) is 8.10. The maximum atomic E-state index is 12.6. The summed E-state index contributed by atoms with van der Waals surface area (Å²) >= 11 is 0. The number of carboxylic acids is 2. The average molecular weight is 426 g/mol. The van der Waals surface area contributed by atoms with Gasteiger partial charge in [-0.3, -0.25) is 0 Å². The molecule has 0 aliphatic heterocycles. The first-order valence-electron chi connectivity index (χ1n) is 10.4. The molecule has 0 aromatic heterocycles. The third-order valence-electron chi connectivity index (χ3n) is 6.10. The van der Waals surface area contributed by atoms with E-state index in [-0.39, 0.29) is 25.2 Å². The van der Waals surface area contributed by atoms with E-state index < -0.39 is 22.8 Å². The van der Waals surface area contributed by atoms with Crippen molar-refractivity contribution in [3.05, 3.63) is 120 Å². The predicted octanol–water partition coefficient (Wildman–Crippen LogP) is 2.26. The molecule has 2 atom stereocenters. The molecule has 0 radical (unpaired) electrons. The molecule has 0 saturated heterocycles. The van der Waals surface area contributed by atoms with Crippen LogP contribution in [0, 0.1) is 0 Å². The van der Waals surface area contributed by atoms with Crippen LogP contribution in [0.2, 0.25) is 0 Å². The molecule has 0 fully saturated rings. The molecule has 0 N–H and O–H groups in total. The largest absolute Gasteiger partial charge is 0.549 e. The summed E-state index contributed by atoms with van der Waals surface area (Å²) < 4.78 is 6.00. The zero-order valence-corrected chi connectivity index (χ0v) is 17.4. The van der Waals surface area contributed by atoms with Crippen LogP contribution in [0.4, 0.5) is 0 Å². The third-order valence-corrected chi connectivity index (χ3v) is 6.10. The molecular formula is C27H22O5-2. The SMILES string of the molecule is O=C([O-])C1(c2ccccc2)C=C(OCc2ccccc2)CC(C(=O)[O-])(c2ccccc2)C1.